The lowest BCUT2D eigenvalue weighted by atomic mass is 10.0. The van der Waals surface area contributed by atoms with Crippen LogP contribution in [0.5, 0.6) is 5.75 Å². The summed E-state index contributed by atoms with van der Waals surface area (Å²) in [5.41, 5.74) is 9.25. The van der Waals surface area contributed by atoms with E-state index in [-0.39, 0.29) is 36.8 Å². The first-order valence-corrected chi connectivity index (χ1v) is 11.8. The van der Waals surface area contributed by atoms with Gasteiger partial charge in [0.2, 0.25) is 5.91 Å². The number of amides is 1. The van der Waals surface area contributed by atoms with E-state index in [1.54, 1.807) is 6.08 Å². The molecule has 7 heteroatoms. The molecule has 3 aromatic rings. The summed E-state index contributed by atoms with van der Waals surface area (Å²) in [6.07, 6.45) is 4.25. The van der Waals surface area contributed by atoms with E-state index >= 15 is 0 Å². The molecule has 0 saturated carbocycles. The van der Waals surface area contributed by atoms with Gasteiger partial charge in [0.1, 0.15) is 24.8 Å². The van der Waals surface area contributed by atoms with Crippen molar-refractivity contribution in [2.24, 2.45) is 11.7 Å². The summed E-state index contributed by atoms with van der Waals surface area (Å²) in [5, 5.41) is 10.4. The summed E-state index contributed by atoms with van der Waals surface area (Å²) in [6.45, 7) is 0.495. The molecule has 36 heavy (non-hydrogen) atoms. The van der Waals surface area contributed by atoms with Crippen LogP contribution >= 0.6 is 0 Å². The van der Waals surface area contributed by atoms with Crippen molar-refractivity contribution in [3.8, 4) is 16.9 Å². The van der Waals surface area contributed by atoms with E-state index in [0.717, 1.165) is 16.7 Å². The fourth-order valence-corrected chi connectivity index (χ4v) is 4.05. The van der Waals surface area contributed by atoms with Crippen molar-refractivity contribution in [2.75, 3.05) is 13.2 Å². The van der Waals surface area contributed by atoms with Gasteiger partial charge in [0.25, 0.3) is 0 Å². The van der Waals surface area contributed by atoms with Crippen LogP contribution in [0.15, 0.2) is 84.9 Å². The zero-order chi connectivity index (χ0) is 25.3. The minimum atomic E-state index is -0.412. The zero-order valence-corrected chi connectivity index (χ0v) is 19.9. The molecule has 0 unspecified atom stereocenters. The van der Waals surface area contributed by atoms with Crippen LogP contribution in [0.25, 0.3) is 17.2 Å². The predicted octanol–water partition coefficient (Wildman–Crippen LogP) is 4.17. The van der Waals surface area contributed by atoms with E-state index in [2.05, 4.69) is 5.32 Å². The monoisotopic (exact) mass is 483 g/mol. The Balaban J connectivity index is 1.20. The second-order valence-corrected chi connectivity index (χ2v) is 8.66. The van der Waals surface area contributed by atoms with Gasteiger partial charge >= 0.3 is 5.97 Å². The molecule has 0 aromatic heterocycles. The van der Waals surface area contributed by atoms with Gasteiger partial charge in [-0.05, 0) is 41.3 Å². The lowest BCUT2D eigenvalue weighted by molar-refractivity contribution is -0.145. The van der Waals surface area contributed by atoms with Gasteiger partial charge in [-0.2, -0.15) is 0 Å². The number of hydrogen-bond donors (Lipinski definition) is 3. The Kier molecular flexibility index (Phi) is 8.13. The van der Waals surface area contributed by atoms with Crippen molar-refractivity contribution in [3.05, 3.63) is 96.1 Å². The summed E-state index contributed by atoms with van der Waals surface area (Å²) in [7, 11) is 0. The van der Waals surface area contributed by atoms with E-state index in [0.29, 0.717) is 24.3 Å². The highest BCUT2D eigenvalue weighted by atomic mass is 16.5. The number of carbonyl (C=O) groups excluding carboxylic acids is 2. The van der Waals surface area contributed by atoms with E-state index in [1.165, 1.54) is 0 Å². The predicted molar refractivity (Wildman–Crippen MR) is 139 cm³/mol. The molecular weight excluding hydrogens is 454 g/mol. The van der Waals surface area contributed by atoms with Crippen molar-refractivity contribution in [1.29, 1.82) is 5.41 Å². The van der Waals surface area contributed by atoms with Gasteiger partial charge in [-0.3, -0.25) is 15.0 Å². The van der Waals surface area contributed by atoms with E-state index in [9.17, 15) is 9.59 Å². The average Bonchev–Trinajstić information content (AvgIpc) is 3.25. The van der Waals surface area contributed by atoms with Gasteiger partial charge in [-0.15, -0.1) is 0 Å². The number of amidine groups is 1. The maximum absolute atomic E-state index is 12.3. The van der Waals surface area contributed by atoms with Crippen LogP contribution in [-0.4, -0.2) is 37.0 Å². The maximum atomic E-state index is 12.3. The summed E-state index contributed by atoms with van der Waals surface area (Å²) in [6, 6.07) is 24.7. The number of nitrogen functional groups attached to an aromatic ring is 1. The Labute approximate surface area is 210 Å². The Morgan fingerprint density at radius 1 is 1.00 bits per heavy atom. The number of ether oxygens (including phenoxy) is 2. The lowest BCUT2D eigenvalue weighted by Gasteiger charge is -2.12. The first-order chi connectivity index (χ1) is 17.5. The number of hydrogen-bond acceptors (Lipinski definition) is 5. The minimum absolute atomic E-state index is 0.0411. The van der Waals surface area contributed by atoms with Crippen molar-refractivity contribution in [2.45, 2.75) is 18.9 Å². The molecule has 2 atom stereocenters. The van der Waals surface area contributed by atoms with Crippen molar-refractivity contribution in [3.63, 3.8) is 0 Å². The standard InChI is InChI=1S/C29H29N3O4/c30-28(31)23-10-8-21(9-11-23)22-12-14-26(15-13-22)36-19-25-17-24(29(34)32-25)18-27(33)35-16-4-7-20-5-2-1-3-6-20/h1-15,24-25H,16-19H2,(H3,30,31)(H,32,34)/t24-,25-/m0/s1. The Morgan fingerprint density at radius 2 is 1.67 bits per heavy atom. The van der Waals surface area contributed by atoms with Crippen LogP contribution in [0.4, 0.5) is 0 Å². The third kappa shape index (κ3) is 6.82. The van der Waals surface area contributed by atoms with Crippen LogP contribution in [0, 0.1) is 11.3 Å². The van der Waals surface area contributed by atoms with Gasteiger partial charge in [0.15, 0.2) is 0 Å². The van der Waals surface area contributed by atoms with E-state index in [1.807, 2.05) is 84.9 Å². The number of nitrogens with one attached hydrogen (secondary N) is 2. The molecule has 1 fully saturated rings. The second kappa shape index (κ2) is 11.8. The zero-order valence-electron chi connectivity index (χ0n) is 19.9. The van der Waals surface area contributed by atoms with Crippen LogP contribution in [0.1, 0.15) is 24.0 Å². The fraction of sp³-hybridized carbons (Fsp3) is 0.207. The number of benzene rings is 3. The van der Waals surface area contributed by atoms with Gasteiger partial charge in [0, 0.05) is 5.56 Å². The van der Waals surface area contributed by atoms with Crippen LogP contribution in [-0.2, 0) is 14.3 Å². The highest BCUT2D eigenvalue weighted by molar-refractivity contribution is 5.95. The molecule has 1 aliphatic heterocycles. The Hall–Kier alpha value is -4.39. The summed E-state index contributed by atoms with van der Waals surface area (Å²) >= 11 is 0. The van der Waals surface area contributed by atoms with Crippen LogP contribution in [0.3, 0.4) is 0 Å². The van der Waals surface area contributed by atoms with Crippen LogP contribution < -0.4 is 15.8 Å². The molecule has 1 heterocycles. The summed E-state index contributed by atoms with van der Waals surface area (Å²) < 4.78 is 11.1. The van der Waals surface area contributed by atoms with Gasteiger partial charge < -0.3 is 20.5 Å². The Bertz CT molecular complexity index is 1220. The molecule has 1 aliphatic rings. The molecule has 7 nitrogen and oxygen atoms in total. The quantitative estimate of drug-likeness (QED) is 0.228. The smallest absolute Gasteiger partial charge is 0.306 e. The van der Waals surface area contributed by atoms with Gasteiger partial charge in [-0.1, -0.05) is 72.8 Å². The molecule has 0 radical (unpaired) electrons. The highest BCUT2D eigenvalue weighted by Gasteiger charge is 2.34. The molecule has 0 aliphatic carbocycles. The molecule has 0 spiro atoms. The SMILES string of the molecule is N=C(N)c1ccc(-c2ccc(OC[C@@H]3C[C@@H](CC(=O)OCC=Cc4ccccc4)C(=O)N3)cc2)cc1. The summed E-state index contributed by atoms with van der Waals surface area (Å²) in [4.78, 5) is 24.5. The van der Waals surface area contributed by atoms with Crippen molar-refractivity contribution >= 4 is 23.8 Å². The summed E-state index contributed by atoms with van der Waals surface area (Å²) in [5.74, 6) is -0.212. The van der Waals surface area contributed by atoms with Crippen molar-refractivity contribution in [1.82, 2.24) is 5.32 Å². The fourth-order valence-electron chi connectivity index (χ4n) is 4.05. The largest absolute Gasteiger partial charge is 0.491 e. The second-order valence-electron chi connectivity index (χ2n) is 8.66. The molecular formula is C29H29N3O4. The minimum Gasteiger partial charge on any atom is -0.491 e. The normalized spacial score (nSPS) is 17.1. The van der Waals surface area contributed by atoms with E-state index in [4.69, 9.17) is 20.6 Å². The van der Waals surface area contributed by atoms with Gasteiger partial charge in [0.05, 0.1) is 18.4 Å². The molecule has 1 amide bonds. The topological polar surface area (TPSA) is 115 Å². The Morgan fingerprint density at radius 3 is 2.33 bits per heavy atom. The number of nitrogens with two attached hydrogens (primary N) is 1. The molecule has 1 saturated heterocycles. The lowest BCUT2D eigenvalue weighted by Crippen LogP contribution is -2.31. The first kappa shape index (κ1) is 24.7. The molecule has 4 rings (SSSR count). The molecule has 3 aromatic carbocycles. The highest BCUT2D eigenvalue weighted by Crippen LogP contribution is 2.24. The van der Waals surface area contributed by atoms with Crippen molar-refractivity contribution < 1.29 is 19.1 Å². The van der Waals surface area contributed by atoms with Crippen LogP contribution in [0.2, 0.25) is 0 Å². The number of rotatable bonds is 10. The molecule has 4 N–H and O–H groups in total. The first-order valence-electron chi connectivity index (χ1n) is 11.8. The third-order valence-corrected chi connectivity index (χ3v) is 5.98. The third-order valence-electron chi connectivity index (χ3n) is 5.98. The average molecular weight is 484 g/mol. The molecule has 184 valence electrons. The van der Waals surface area contributed by atoms with E-state index < -0.39 is 5.92 Å². The number of esters is 1. The maximum Gasteiger partial charge on any atom is 0.306 e. The van der Waals surface area contributed by atoms with Gasteiger partial charge in [-0.25, -0.2) is 0 Å². The number of carbonyl (C=O) groups is 2. The molecule has 0 bridgehead atoms.